The van der Waals surface area contributed by atoms with Crippen molar-refractivity contribution in [2.75, 3.05) is 6.16 Å². The highest BCUT2D eigenvalue weighted by Crippen LogP contribution is 2.55. The van der Waals surface area contributed by atoms with Gasteiger partial charge in [-0.15, -0.1) is 0 Å². The molecular formula is C32H44P+. The van der Waals surface area contributed by atoms with Crippen molar-refractivity contribution in [3.63, 3.8) is 0 Å². The minimum atomic E-state index is -1.64. The van der Waals surface area contributed by atoms with Crippen LogP contribution >= 0.6 is 7.26 Å². The summed E-state index contributed by atoms with van der Waals surface area (Å²) in [6.45, 7) is 4.68. The first kappa shape index (κ1) is 25.7. The van der Waals surface area contributed by atoms with E-state index in [4.69, 9.17) is 0 Å². The molecule has 3 aromatic carbocycles. The molecule has 3 rings (SSSR count). The summed E-state index contributed by atoms with van der Waals surface area (Å²) < 4.78 is 0. The molecule has 0 atom stereocenters. The molecular weight excluding hydrogens is 415 g/mol. The molecule has 1 heteroatoms. The molecule has 0 fully saturated rings. The summed E-state index contributed by atoms with van der Waals surface area (Å²) in [5.74, 6) is 0.864. The number of hydrogen-bond donors (Lipinski definition) is 0. The molecule has 0 spiro atoms. The minimum Gasteiger partial charge on any atom is -0.0628 e. The molecule has 0 aromatic heterocycles. The third-order valence-electron chi connectivity index (χ3n) is 6.87. The van der Waals surface area contributed by atoms with Crippen LogP contribution in [-0.4, -0.2) is 6.16 Å². The lowest BCUT2D eigenvalue weighted by molar-refractivity contribution is 0.507. The second-order valence-corrected chi connectivity index (χ2v) is 13.5. The Morgan fingerprint density at radius 2 is 0.788 bits per heavy atom. The standard InChI is InChI=1S/C32H44P/c1-29(2)21-13-8-6-4-3-5-7-9-20-28-33(30-22-14-10-15-23-30,31-24-16-11-17-25-31)32-26-18-12-19-27-32/h10-12,14-19,22-27,29H,3-9,13,20-21,28H2,1-2H3/q+1. The Morgan fingerprint density at radius 3 is 1.15 bits per heavy atom. The van der Waals surface area contributed by atoms with Crippen LogP contribution in [0.3, 0.4) is 0 Å². The van der Waals surface area contributed by atoms with E-state index in [-0.39, 0.29) is 0 Å². The van der Waals surface area contributed by atoms with Crippen LogP contribution in [0.1, 0.15) is 78.1 Å². The maximum atomic E-state index is 2.37. The number of unbranched alkanes of at least 4 members (excludes halogenated alkanes) is 8. The molecule has 0 bridgehead atoms. The molecule has 0 aliphatic rings. The summed E-state index contributed by atoms with van der Waals surface area (Å²) in [5.41, 5.74) is 0. The molecule has 0 N–H and O–H groups in total. The Bertz CT molecular complexity index is 773. The average Bonchev–Trinajstić information content (AvgIpc) is 2.86. The summed E-state index contributed by atoms with van der Waals surface area (Å²) in [6, 6.07) is 34.0. The van der Waals surface area contributed by atoms with Gasteiger partial charge in [0.2, 0.25) is 0 Å². The van der Waals surface area contributed by atoms with Gasteiger partial charge in [0.05, 0.1) is 6.16 Å². The summed E-state index contributed by atoms with van der Waals surface area (Å²) in [7, 11) is -1.64. The van der Waals surface area contributed by atoms with Crippen LogP contribution in [0.4, 0.5) is 0 Å². The van der Waals surface area contributed by atoms with E-state index in [1.165, 1.54) is 86.3 Å². The number of hydrogen-bond acceptors (Lipinski definition) is 0. The van der Waals surface area contributed by atoms with Crippen LogP contribution in [0, 0.1) is 5.92 Å². The van der Waals surface area contributed by atoms with E-state index in [9.17, 15) is 0 Å². The molecule has 0 aliphatic carbocycles. The Hall–Kier alpha value is -1.91. The molecule has 0 nitrogen and oxygen atoms in total. The molecule has 33 heavy (non-hydrogen) atoms. The second-order valence-electron chi connectivity index (χ2n) is 9.90. The zero-order valence-electron chi connectivity index (χ0n) is 21.0. The normalized spacial score (nSPS) is 11.7. The van der Waals surface area contributed by atoms with Crippen LogP contribution in [0.5, 0.6) is 0 Å². The predicted octanol–water partition coefficient (Wildman–Crippen LogP) is 8.54. The molecule has 0 unspecified atom stereocenters. The molecule has 0 amide bonds. The summed E-state index contributed by atoms with van der Waals surface area (Å²) in [4.78, 5) is 0. The molecule has 0 saturated carbocycles. The molecule has 0 saturated heterocycles. The SMILES string of the molecule is CC(C)CCCCCCCCCCC[P+](c1ccccc1)(c1ccccc1)c1ccccc1. The monoisotopic (exact) mass is 459 g/mol. The van der Waals surface area contributed by atoms with Crippen molar-refractivity contribution in [3.8, 4) is 0 Å². The van der Waals surface area contributed by atoms with E-state index < -0.39 is 7.26 Å². The Morgan fingerprint density at radius 1 is 0.455 bits per heavy atom. The van der Waals surface area contributed by atoms with Crippen molar-refractivity contribution in [2.24, 2.45) is 5.92 Å². The molecule has 0 aliphatic heterocycles. The molecule has 0 heterocycles. The smallest absolute Gasteiger partial charge is 0.0628 e. The van der Waals surface area contributed by atoms with E-state index in [2.05, 4.69) is 105 Å². The number of benzene rings is 3. The van der Waals surface area contributed by atoms with Crippen LogP contribution in [0.25, 0.3) is 0 Å². The fourth-order valence-electron chi connectivity index (χ4n) is 5.02. The van der Waals surface area contributed by atoms with Gasteiger partial charge in [-0.1, -0.05) is 120 Å². The fourth-order valence-corrected chi connectivity index (χ4v) is 9.43. The first-order chi connectivity index (χ1) is 16.2. The van der Waals surface area contributed by atoms with Gasteiger partial charge in [-0.05, 0) is 55.2 Å². The average molecular weight is 460 g/mol. The quantitative estimate of drug-likeness (QED) is 0.158. The Balaban J connectivity index is 1.60. The fraction of sp³-hybridized carbons (Fsp3) is 0.438. The van der Waals surface area contributed by atoms with Gasteiger partial charge in [0.25, 0.3) is 0 Å². The van der Waals surface area contributed by atoms with Gasteiger partial charge >= 0.3 is 0 Å². The highest BCUT2D eigenvalue weighted by atomic mass is 31.2. The maximum absolute atomic E-state index is 2.37. The van der Waals surface area contributed by atoms with E-state index in [1.807, 2.05) is 0 Å². The van der Waals surface area contributed by atoms with Gasteiger partial charge in [-0.2, -0.15) is 0 Å². The van der Waals surface area contributed by atoms with E-state index in [1.54, 1.807) is 0 Å². The molecule has 176 valence electrons. The van der Waals surface area contributed by atoms with Crippen LogP contribution in [0.2, 0.25) is 0 Å². The van der Waals surface area contributed by atoms with Crippen LogP contribution in [-0.2, 0) is 0 Å². The third kappa shape index (κ3) is 7.82. The lowest BCUT2D eigenvalue weighted by Gasteiger charge is -2.27. The zero-order chi connectivity index (χ0) is 23.2. The summed E-state index contributed by atoms with van der Waals surface area (Å²) in [6.07, 6.45) is 15.2. The van der Waals surface area contributed by atoms with Crippen molar-refractivity contribution in [2.45, 2.75) is 78.1 Å². The van der Waals surface area contributed by atoms with Gasteiger partial charge in [0, 0.05) is 0 Å². The highest BCUT2D eigenvalue weighted by molar-refractivity contribution is 7.95. The topological polar surface area (TPSA) is 0 Å². The predicted molar refractivity (Wildman–Crippen MR) is 151 cm³/mol. The van der Waals surface area contributed by atoms with E-state index in [0.29, 0.717) is 0 Å². The van der Waals surface area contributed by atoms with Crippen molar-refractivity contribution < 1.29 is 0 Å². The minimum absolute atomic E-state index is 0.864. The summed E-state index contributed by atoms with van der Waals surface area (Å²) in [5, 5.41) is 4.55. The van der Waals surface area contributed by atoms with Gasteiger partial charge in [0.15, 0.2) is 0 Å². The highest BCUT2D eigenvalue weighted by Gasteiger charge is 2.44. The largest absolute Gasteiger partial charge is 0.112 e. The van der Waals surface area contributed by atoms with Gasteiger partial charge < -0.3 is 0 Å². The lowest BCUT2D eigenvalue weighted by Crippen LogP contribution is -2.33. The van der Waals surface area contributed by atoms with Gasteiger partial charge in [-0.25, -0.2) is 0 Å². The van der Waals surface area contributed by atoms with E-state index >= 15 is 0 Å². The van der Waals surface area contributed by atoms with Gasteiger partial charge in [0.1, 0.15) is 23.2 Å². The van der Waals surface area contributed by atoms with Crippen molar-refractivity contribution >= 4 is 23.2 Å². The first-order valence-corrected chi connectivity index (χ1v) is 15.3. The van der Waals surface area contributed by atoms with Gasteiger partial charge in [-0.3, -0.25) is 0 Å². The Labute approximate surface area is 204 Å². The zero-order valence-corrected chi connectivity index (χ0v) is 21.9. The maximum Gasteiger partial charge on any atom is 0.112 e. The van der Waals surface area contributed by atoms with E-state index in [0.717, 1.165) is 5.92 Å². The second kappa shape index (κ2) is 14.4. The molecule has 3 aromatic rings. The Kier molecular flexibility index (Phi) is 11.2. The summed E-state index contributed by atoms with van der Waals surface area (Å²) >= 11 is 0. The first-order valence-electron chi connectivity index (χ1n) is 13.3. The van der Waals surface area contributed by atoms with Crippen molar-refractivity contribution in [1.29, 1.82) is 0 Å². The molecule has 0 radical (unpaired) electrons. The van der Waals surface area contributed by atoms with Crippen molar-refractivity contribution in [1.82, 2.24) is 0 Å². The van der Waals surface area contributed by atoms with Crippen LogP contribution in [0.15, 0.2) is 91.0 Å². The number of rotatable bonds is 15. The van der Waals surface area contributed by atoms with Crippen LogP contribution < -0.4 is 15.9 Å². The third-order valence-corrected chi connectivity index (χ3v) is 11.4. The lowest BCUT2D eigenvalue weighted by atomic mass is 10.0. The van der Waals surface area contributed by atoms with Crippen molar-refractivity contribution in [3.05, 3.63) is 91.0 Å².